The summed E-state index contributed by atoms with van der Waals surface area (Å²) < 4.78 is 32.5. The molecule has 2 aromatic rings. The Balaban J connectivity index is 1.29. The summed E-state index contributed by atoms with van der Waals surface area (Å²) in [7, 11) is -3.42. The number of hydrogen-bond acceptors (Lipinski definition) is 6. The zero-order valence-electron chi connectivity index (χ0n) is 23.2. The number of nitrogens with two attached hydrogens (primary N) is 1. The number of nitrogens with one attached hydrogen (secondary N) is 1. The maximum Gasteiger partial charge on any atom is 0.247 e. The quantitative estimate of drug-likeness (QED) is 0.505. The Morgan fingerprint density at radius 1 is 0.975 bits per heavy atom. The van der Waals surface area contributed by atoms with Crippen LogP contribution in [0.5, 0.6) is 0 Å². The first-order valence-electron chi connectivity index (χ1n) is 14.2. The van der Waals surface area contributed by atoms with Crippen molar-refractivity contribution in [1.82, 2.24) is 10.2 Å². The Morgan fingerprint density at radius 3 is 2.30 bits per heavy atom. The van der Waals surface area contributed by atoms with Crippen LogP contribution in [0.2, 0.25) is 0 Å². The minimum Gasteiger partial charge on any atom is -0.374 e. The Bertz CT molecular complexity index is 1320. The summed E-state index contributed by atoms with van der Waals surface area (Å²) in [5, 5.41) is 2.95. The number of amides is 2. The second-order valence-corrected chi connectivity index (χ2v) is 13.5. The summed E-state index contributed by atoms with van der Waals surface area (Å²) in [6.07, 6.45) is 6.56. The average Bonchev–Trinajstić information content (AvgIpc) is 3.28. The first kappa shape index (κ1) is 28.6. The number of fused-ring (bicyclic) bond motifs is 2. The van der Waals surface area contributed by atoms with E-state index in [1.807, 2.05) is 54.6 Å². The normalized spacial score (nSPS) is 20.6. The third-order valence-corrected chi connectivity index (χ3v) is 9.95. The van der Waals surface area contributed by atoms with Gasteiger partial charge < -0.3 is 20.7 Å². The number of sulfonamides is 1. The van der Waals surface area contributed by atoms with Gasteiger partial charge in [0.25, 0.3) is 0 Å². The monoisotopic (exact) mass is 568 g/mol. The van der Waals surface area contributed by atoms with Crippen molar-refractivity contribution < 1.29 is 22.7 Å². The Kier molecular flexibility index (Phi) is 8.22. The van der Waals surface area contributed by atoms with Crippen molar-refractivity contribution in [2.45, 2.75) is 68.5 Å². The minimum absolute atomic E-state index is 0.0435. The highest BCUT2D eigenvalue weighted by atomic mass is 32.2. The van der Waals surface area contributed by atoms with Crippen molar-refractivity contribution in [3.05, 3.63) is 65.7 Å². The summed E-state index contributed by atoms with van der Waals surface area (Å²) in [5.41, 5.74) is 7.91. The zero-order chi connectivity index (χ0) is 28.4. The number of ether oxygens (including phenoxy) is 1. The number of anilines is 1. The molecule has 2 amide bonds. The maximum atomic E-state index is 13.8. The van der Waals surface area contributed by atoms with E-state index in [1.165, 1.54) is 10.6 Å². The van der Waals surface area contributed by atoms with Crippen molar-refractivity contribution in [2.24, 2.45) is 5.73 Å². The number of hydrogen-bond donors (Lipinski definition) is 2. The van der Waals surface area contributed by atoms with E-state index in [9.17, 15) is 18.0 Å². The van der Waals surface area contributed by atoms with Gasteiger partial charge in [-0.25, -0.2) is 8.42 Å². The van der Waals surface area contributed by atoms with Gasteiger partial charge in [0.2, 0.25) is 21.8 Å². The maximum absolute atomic E-state index is 13.8. The fraction of sp³-hybridized carbons (Fsp3) is 0.533. The smallest absolute Gasteiger partial charge is 0.247 e. The SMILES string of the molecule is CS(=O)(=O)N1CC2(CCN(C(=O)[C@@H](COCc3ccccc3)NC(=O)C3(N)CCCCC3)CC2)c2ccccc21. The largest absolute Gasteiger partial charge is 0.374 e. The summed E-state index contributed by atoms with van der Waals surface area (Å²) in [6.45, 7) is 1.67. The van der Waals surface area contributed by atoms with Gasteiger partial charge >= 0.3 is 0 Å². The Morgan fingerprint density at radius 2 is 1.62 bits per heavy atom. The number of carbonyl (C=O) groups is 2. The lowest BCUT2D eigenvalue weighted by Crippen LogP contribution is -2.61. The van der Waals surface area contributed by atoms with Gasteiger partial charge in [0.05, 0.1) is 30.7 Å². The van der Waals surface area contributed by atoms with Crippen molar-refractivity contribution >= 4 is 27.5 Å². The van der Waals surface area contributed by atoms with E-state index in [4.69, 9.17) is 10.5 Å². The lowest BCUT2D eigenvalue weighted by atomic mass is 9.74. The van der Waals surface area contributed by atoms with Crippen molar-refractivity contribution in [3.63, 3.8) is 0 Å². The lowest BCUT2D eigenvalue weighted by molar-refractivity contribution is -0.141. The number of nitrogens with zero attached hydrogens (tertiary/aromatic N) is 2. The highest BCUT2D eigenvalue weighted by Gasteiger charge is 2.48. The molecule has 0 radical (unpaired) electrons. The molecule has 2 heterocycles. The molecule has 10 heteroatoms. The number of para-hydroxylation sites is 1. The molecule has 3 N–H and O–H groups in total. The van der Waals surface area contributed by atoms with Gasteiger partial charge in [0.1, 0.15) is 6.04 Å². The second-order valence-electron chi connectivity index (χ2n) is 11.6. The first-order valence-corrected chi connectivity index (χ1v) is 16.0. The van der Waals surface area contributed by atoms with Crippen molar-refractivity contribution in [3.8, 4) is 0 Å². The highest BCUT2D eigenvalue weighted by Crippen LogP contribution is 2.47. The van der Waals surface area contributed by atoms with Crippen LogP contribution >= 0.6 is 0 Å². The predicted molar refractivity (Wildman–Crippen MR) is 154 cm³/mol. The van der Waals surface area contributed by atoms with Gasteiger partial charge in [0.15, 0.2) is 0 Å². The average molecular weight is 569 g/mol. The fourth-order valence-electron chi connectivity index (χ4n) is 6.44. The van der Waals surface area contributed by atoms with E-state index in [0.29, 0.717) is 51.9 Å². The Hall–Kier alpha value is -2.95. The number of benzene rings is 2. The first-order chi connectivity index (χ1) is 19.1. The molecule has 2 fully saturated rings. The molecule has 1 atom stereocenters. The highest BCUT2D eigenvalue weighted by molar-refractivity contribution is 7.92. The van der Waals surface area contributed by atoms with E-state index in [2.05, 4.69) is 5.32 Å². The van der Waals surface area contributed by atoms with Crippen molar-refractivity contribution in [2.75, 3.05) is 36.8 Å². The van der Waals surface area contributed by atoms with Crippen molar-refractivity contribution in [1.29, 1.82) is 0 Å². The van der Waals surface area contributed by atoms with Gasteiger partial charge in [0, 0.05) is 25.0 Å². The fourth-order valence-corrected chi connectivity index (χ4v) is 7.44. The van der Waals surface area contributed by atoms with Crippen LogP contribution in [0.4, 0.5) is 5.69 Å². The molecule has 2 aromatic carbocycles. The third-order valence-electron chi connectivity index (χ3n) is 8.82. The molecule has 0 unspecified atom stereocenters. The van der Waals surface area contributed by atoms with Gasteiger partial charge in [-0.1, -0.05) is 67.8 Å². The molecule has 9 nitrogen and oxygen atoms in total. The molecule has 2 aliphatic heterocycles. The van der Waals surface area contributed by atoms with E-state index >= 15 is 0 Å². The van der Waals surface area contributed by atoms with Gasteiger partial charge in [-0.15, -0.1) is 0 Å². The number of likely N-dealkylation sites (tertiary alicyclic amines) is 1. The van der Waals surface area contributed by atoms with Gasteiger partial charge in [-0.3, -0.25) is 13.9 Å². The summed E-state index contributed by atoms with van der Waals surface area (Å²) in [5.74, 6) is -0.488. The minimum atomic E-state index is -3.42. The van der Waals surface area contributed by atoms with Gasteiger partial charge in [-0.2, -0.15) is 0 Å². The zero-order valence-corrected chi connectivity index (χ0v) is 24.0. The number of piperidine rings is 1. The molecule has 1 saturated carbocycles. The summed E-state index contributed by atoms with van der Waals surface area (Å²) in [6, 6.07) is 16.5. The van der Waals surface area contributed by atoms with Crippen LogP contribution in [-0.4, -0.2) is 69.2 Å². The topological polar surface area (TPSA) is 122 Å². The molecule has 3 aliphatic rings. The van der Waals surface area contributed by atoms with Crippen LogP contribution in [0.15, 0.2) is 54.6 Å². The number of carbonyl (C=O) groups excluding carboxylic acids is 2. The Labute approximate surface area is 237 Å². The molecule has 1 aliphatic carbocycles. The molecule has 0 aromatic heterocycles. The van der Waals surface area contributed by atoms with E-state index in [-0.39, 0.29) is 23.8 Å². The van der Waals surface area contributed by atoms with Crippen LogP contribution in [0, 0.1) is 0 Å². The molecule has 5 rings (SSSR count). The number of rotatable bonds is 8. The second kappa shape index (κ2) is 11.5. The van der Waals surface area contributed by atoms with Crippen LogP contribution < -0.4 is 15.4 Å². The molecule has 40 heavy (non-hydrogen) atoms. The molecule has 1 spiro atoms. The standard InChI is InChI=1S/C30H40N4O5S/c1-40(37,38)34-22-29(24-12-6-7-13-26(24)34)16-18-33(19-17-29)27(35)25(21-39-20-23-10-4-2-5-11-23)32-28(36)30(31)14-8-3-9-15-30/h2,4-7,10-13,25H,3,8-9,14-22,31H2,1H3,(H,32,36)/t25-/m1/s1. The predicted octanol–water partition coefficient (Wildman–Crippen LogP) is 2.69. The van der Waals surface area contributed by atoms with Crippen LogP contribution in [0.1, 0.15) is 56.1 Å². The molecule has 216 valence electrons. The van der Waals surface area contributed by atoms with E-state index < -0.39 is 21.6 Å². The summed E-state index contributed by atoms with van der Waals surface area (Å²) in [4.78, 5) is 28.9. The van der Waals surface area contributed by atoms with Crippen LogP contribution in [0.25, 0.3) is 0 Å². The lowest BCUT2D eigenvalue weighted by Gasteiger charge is -2.41. The molecule has 0 bridgehead atoms. The van der Waals surface area contributed by atoms with E-state index in [1.54, 1.807) is 4.90 Å². The molecular formula is C30H40N4O5S. The molecule has 1 saturated heterocycles. The molecular weight excluding hydrogens is 528 g/mol. The van der Waals surface area contributed by atoms with Crippen LogP contribution in [-0.2, 0) is 36.4 Å². The van der Waals surface area contributed by atoms with Crippen LogP contribution in [0.3, 0.4) is 0 Å². The summed E-state index contributed by atoms with van der Waals surface area (Å²) >= 11 is 0. The third kappa shape index (κ3) is 5.89. The van der Waals surface area contributed by atoms with E-state index in [0.717, 1.165) is 36.1 Å². The van der Waals surface area contributed by atoms with Gasteiger partial charge in [-0.05, 0) is 42.9 Å².